The molecule has 2 aliphatic carbocycles. The van der Waals surface area contributed by atoms with Gasteiger partial charge in [0.2, 0.25) is 0 Å². The van der Waals surface area contributed by atoms with Crippen molar-refractivity contribution >= 4 is 39.0 Å². The molecule has 0 saturated carbocycles. The van der Waals surface area contributed by atoms with Crippen LogP contribution in [0.15, 0.2) is 229 Å². The van der Waals surface area contributed by atoms with Gasteiger partial charge in [0.15, 0.2) is 0 Å². The molecule has 0 spiro atoms. The Bertz CT molecular complexity index is 3780. The molecule has 2 nitrogen and oxygen atoms in total. The normalized spacial score (nSPS) is 13.8. The van der Waals surface area contributed by atoms with Gasteiger partial charge in [-0.1, -0.05) is 191 Å². The monoisotopic (exact) mass is 871 g/mol. The Kier molecular flexibility index (Phi) is 8.95. The third-order valence-corrected chi connectivity index (χ3v) is 15.1. The summed E-state index contributed by atoms with van der Waals surface area (Å²) in [5.41, 5.74) is 25.1. The summed E-state index contributed by atoms with van der Waals surface area (Å²) in [7, 11) is 0. The first-order valence-corrected chi connectivity index (χ1v) is 23.8. The highest BCUT2D eigenvalue weighted by molar-refractivity contribution is 6.09. The molecule has 0 aliphatic heterocycles. The summed E-state index contributed by atoms with van der Waals surface area (Å²) in [5.74, 6) is 0. The van der Waals surface area contributed by atoms with Crippen molar-refractivity contribution in [3.05, 3.63) is 247 Å². The average molecular weight is 872 g/mol. The van der Waals surface area contributed by atoms with Crippen LogP contribution in [0.4, 0.5) is 17.1 Å². The number of para-hydroxylation sites is 2. The molecule has 1 heterocycles. The van der Waals surface area contributed by atoms with Crippen LogP contribution in [-0.2, 0) is 10.8 Å². The fraction of sp³-hybridized carbons (Fsp3) is 0.0909. The van der Waals surface area contributed by atoms with E-state index in [-0.39, 0.29) is 10.8 Å². The maximum absolute atomic E-state index is 6.50. The standard InChI is InChI=1S/C66H49NO/c1-65(2)58-27-13-11-23-52(58)53-35-34-50(41-60(53)65)67(48-32-29-44(30-33-48)51-25-16-26-55-54-24-12-14-28-62(54)68-64(51)55)49-22-15-21-45(37-49)46-31-36-59-57(38-46)63-56(43-19-9-6-10-20-43)39-47(40-61(63)66(59,3)4)42-17-7-5-8-18-42/h5-41H,1-4H3. The minimum Gasteiger partial charge on any atom is -0.455 e. The lowest BCUT2D eigenvalue weighted by molar-refractivity contribution is 0.660. The number of anilines is 3. The van der Waals surface area contributed by atoms with Gasteiger partial charge in [0.05, 0.1) is 0 Å². The molecule has 11 aromatic rings. The van der Waals surface area contributed by atoms with Gasteiger partial charge in [-0.25, -0.2) is 0 Å². The van der Waals surface area contributed by atoms with Gasteiger partial charge in [-0.05, 0) is 144 Å². The molecule has 2 aliphatic rings. The Morgan fingerprint density at radius 2 is 0.868 bits per heavy atom. The molecule has 0 fully saturated rings. The Labute approximate surface area is 398 Å². The van der Waals surface area contributed by atoms with Crippen molar-refractivity contribution in [2.45, 2.75) is 38.5 Å². The van der Waals surface area contributed by atoms with Crippen LogP contribution in [-0.4, -0.2) is 0 Å². The lowest BCUT2D eigenvalue weighted by Crippen LogP contribution is -2.16. The van der Waals surface area contributed by atoms with Crippen molar-refractivity contribution in [1.82, 2.24) is 0 Å². The van der Waals surface area contributed by atoms with E-state index < -0.39 is 0 Å². The van der Waals surface area contributed by atoms with Gasteiger partial charge in [0, 0.05) is 44.2 Å². The summed E-state index contributed by atoms with van der Waals surface area (Å²) in [5, 5.41) is 2.27. The maximum Gasteiger partial charge on any atom is 0.143 e. The van der Waals surface area contributed by atoms with E-state index in [4.69, 9.17) is 4.42 Å². The second-order valence-corrected chi connectivity index (χ2v) is 19.7. The zero-order chi connectivity index (χ0) is 45.7. The molecule has 0 atom stereocenters. The van der Waals surface area contributed by atoms with Gasteiger partial charge < -0.3 is 9.32 Å². The highest BCUT2D eigenvalue weighted by Crippen LogP contribution is 2.55. The summed E-state index contributed by atoms with van der Waals surface area (Å²) in [4.78, 5) is 2.43. The van der Waals surface area contributed by atoms with Crippen LogP contribution in [0.1, 0.15) is 49.9 Å². The minimum absolute atomic E-state index is 0.139. The van der Waals surface area contributed by atoms with Crippen molar-refractivity contribution in [3.8, 4) is 66.8 Å². The molecular weight excluding hydrogens is 823 g/mol. The van der Waals surface area contributed by atoms with E-state index in [9.17, 15) is 0 Å². The van der Waals surface area contributed by atoms with Crippen LogP contribution in [0.2, 0.25) is 0 Å². The number of furan rings is 1. The van der Waals surface area contributed by atoms with Crippen LogP contribution in [0.25, 0.3) is 88.7 Å². The fourth-order valence-corrected chi connectivity index (χ4v) is 11.6. The highest BCUT2D eigenvalue weighted by atomic mass is 16.3. The van der Waals surface area contributed by atoms with Crippen molar-refractivity contribution in [2.75, 3.05) is 4.90 Å². The van der Waals surface area contributed by atoms with Gasteiger partial charge in [-0.15, -0.1) is 0 Å². The molecule has 0 saturated heterocycles. The van der Waals surface area contributed by atoms with Crippen LogP contribution < -0.4 is 4.90 Å². The van der Waals surface area contributed by atoms with E-state index >= 15 is 0 Å². The van der Waals surface area contributed by atoms with E-state index in [0.29, 0.717) is 0 Å². The largest absolute Gasteiger partial charge is 0.455 e. The molecule has 324 valence electrons. The Morgan fingerprint density at radius 3 is 1.69 bits per heavy atom. The third-order valence-electron chi connectivity index (χ3n) is 15.1. The molecule has 0 amide bonds. The lowest BCUT2D eigenvalue weighted by atomic mass is 9.80. The zero-order valence-electron chi connectivity index (χ0n) is 38.7. The number of benzene rings is 10. The molecule has 0 bridgehead atoms. The van der Waals surface area contributed by atoms with Crippen molar-refractivity contribution < 1.29 is 4.42 Å². The van der Waals surface area contributed by atoms with Gasteiger partial charge in [0.1, 0.15) is 11.2 Å². The predicted octanol–water partition coefficient (Wildman–Crippen LogP) is 18.3. The molecule has 0 radical (unpaired) electrons. The van der Waals surface area contributed by atoms with Crippen LogP contribution in [0.3, 0.4) is 0 Å². The van der Waals surface area contributed by atoms with Crippen LogP contribution in [0, 0.1) is 0 Å². The first-order chi connectivity index (χ1) is 33.2. The fourth-order valence-electron chi connectivity index (χ4n) is 11.6. The number of rotatable bonds is 7. The summed E-state index contributed by atoms with van der Waals surface area (Å²) in [6.07, 6.45) is 0. The molecule has 2 heteroatoms. The van der Waals surface area contributed by atoms with Gasteiger partial charge in [-0.2, -0.15) is 0 Å². The Balaban J connectivity index is 0.948. The minimum atomic E-state index is -0.181. The number of fused-ring (bicyclic) bond motifs is 9. The first kappa shape index (κ1) is 40.1. The summed E-state index contributed by atoms with van der Waals surface area (Å²) >= 11 is 0. The smallest absolute Gasteiger partial charge is 0.143 e. The van der Waals surface area contributed by atoms with E-state index in [0.717, 1.165) is 50.1 Å². The summed E-state index contributed by atoms with van der Waals surface area (Å²) < 4.78 is 6.50. The van der Waals surface area contributed by atoms with E-state index in [1.807, 2.05) is 6.07 Å². The Hall–Kier alpha value is -8.20. The van der Waals surface area contributed by atoms with Gasteiger partial charge in [-0.3, -0.25) is 0 Å². The van der Waals surface area contributed by atoms with Crippen molar-refractivity contribution in [2.24, 2.45) is 0 Å². The van der Waals surface area contributed by atoms with Gasteiger partial charge >= 0.3 is 0 Å². The molecule has 0 N–H and O–H groups in total. The quantitative estimate of drug-likeness (QED) is 0.159. The second kappa shape index (κ2) is 15.2. The molecule has 68 heavy (non-hydrogen) atoms. The molecule has 0 unspecified atom stereocenters. The van der Waals surface area contributed by atoms with Crippen LogP contribution >= 0.6 is 0 Å². The lowest BCUT2D eigenvalue weighted by Gasteiger charge is -2.28. The number of hydrogen-bond acceptors (Lipinski definition) is 2. The predicted molar refractivity (Wildman–Crippen MR) is 285 cm³/mol. The SMILES string of the molecule is CC1(C)c2ccccc2-c2ccc(N(c3ccc(-c4cccc5c4oc4ccccc45)cc3)c3cccc(-c4ccc5c(c4)-c4c(-c6ccccc6)cc(-c6ccccc6)cc4C5(C)C)c3)cc21. The zero-order valence-corrected chi connectivity index (χ0v) is 38.7. The average Bonchev–Trinajstić information content (AvgIpc) is 3.96. The maximum atomic E-state index is 6.50. The topological polar surface area (TPSA) is 16.4 Å². The number of hydrogen-bond donors (Lipinski definition) is 0. The molecule has 10 aromatic carbocycles. The Morgan fingerprint density at radius 1 is 0.309 bits per heavy atom. The molecule has 13 rings (SSSR count). The van der Waals surface area contributed by atoms with Crippen molar-refractivity contribution in [1.29, 1.82) is 0 Å². The first-order valence-electron chi connectivity index (χ1n) is 23.8. The van der Waals surface area contributed by atoms with E-state index in [1.165, 1.54) is 77.9 Å². The number of nitrogens with zero attached hydrogens (tertiary/aromatic N) is 1. The van der Waals surface area contributed by atoms with Gasteiger partial charge in [0.25, 0.3) is 0 Å². The van der Waals surface area contributed by atoms with Crippen molar-refractivity contribution in [3.63, 3.8) is 0 Å². The highest BCUT2D eigenvalue weighted by Gasteiger charge is 2.38. The summed E-state index contributed by atoms with van der Waals surface area (Å²) in [6.45, 7) is 9.49. The van der Waals surface area contributed by atoms with Crippen LogP contribution in [0.5, 0.6) is 0 Å². The second-order valence-electron chi connectivity index (χ2n) is 19.7. The summed E-state index contributed by atoms with van der Waals surface area (Å²) in [6, 6.07) is 82.6. The molecular formula is C66H49NO. The van der Waals surface area contributed by atoms with E-state index in [2.05, 4.69) is 251 Å². The van der Waals surface area contributed by atoms with E-state index in [1.54, 1.807) is 0 Å². The third kappa shape index (κ3) is 6.17. The molecule has 1 aromatic heterocycles.